The molecule has 1 heterocycles. The van der Waals surface area contributed by atoms with Gasteiger partial charge in [-0.3, -0.25) is 0 Å². The number of furan rings is 1. The standard InChI is InChI=1S/C48H31NO/c1-3-13-32(14-4-1)44-31-47-48(42-21-11-12-22-46(42)50-47)45-30-37(27-28-41(44)45)49(35-16-5-2-6-17-35)36-25-23-33(24-26-36)43-29-34-15-7-8-18-38(34)39-19-9-10-20-40(39)43/h1-31H. The zero-order chi connectivity index (χ0) is 33.0. The smallest absolute Gasteiger partial charge is 0.136 e. The molecule has 0 unspecified atom stereocenters. The zero-order valence-corrected chi connectivity index (χ0v) is 27.3. The Labute approximate surface area is 290 Å². The van der Waals surface area contributed by atoms with Gasteiger partial charge in [-0.05, 0) is 109 Å². The van der Waals surface area contributed by atoms with Gasteiger partial charge in [-0.2, -0.15) is 0 Å². The SMILES string of the molecule is c1ccc(-c2cc3oc4ccccc4c3c3cc(N(c4ccccc4)c4ccc(-c5cc6ccccc6c6ccccc56)cc4)ccc23)cc1. The minimum Gasteiger partial charge on any atom is -0.456 e. The van der Waals surface area contributed by atoms with Crippen LogP contribution in [0.25, 0.3) is 76.5 Å². The molecular weight excluding hydrogens is 607 g/mol. The van der Waals surface area contributed by atoms with Crippen LogP contribution in [0.15, 0.2) is 192 Å². The molecule has 0 aliphatic heterocycles. The summed E-state index contributed by atoms with van der Waals surface area (Å²) in [6.07, 6.45) is 0. The van der Waals surface area contributed by atoms with E-state index in [2.05, 4.69) is 187 Å². The topological polar surface area (TPSA) is 16.4 Å². The predicted octanol–water partition coefficient (Wildman–Crippen LogP) is 13.8. The Morgan fingerprint density at radius 3 is 1.68 bits per heavy atom. The minimum absolute atomic E-state index is 0.896. The van der Waals surface area contributed by atoms with Crippen molar-refractivity contribution in [2.75, 3.05) is 4.90 Å². The maximum absolute atomic E-state index is 6.49. The fourth-order valence-corrected chi connectivity index (χ4v) is 7.73. The molecule has 0 saturated carbocycles. The molecule has 0 atom stereocenters. The summed E-state index contributed by atoms with van der Waals surface area (Å²) in [5, 5.41) is 9.71. The lowest BCUT2D eigenvalue weighted by Crippen LogP contribution is -2.09. The fraction of sp³-hybridized carbons (Fsp3) is 0. The lowest BCUT2D eigenvalue weighted by molar-refractivity contribution is 0.669. The molecule has 2 nitrogen and oxygen atoms in total. The summed E-state index contributed by atoms with van der Waals surface area (Å²) in [5.41, 5.74) is 9.85. The number of hydrogen-bond acceptors (Lipinski definition) is 2. The molecule has 0 bridgehead atoms. The van der Waals surface area contributed by atoms with E-state index >= 15 is 0 Å². The molecule has 10 rings (SSSR count). The number of anilines is 3. The van der Waals surface area contributed by atoms with Gasteiger partial charge in [-0.1, -0.05) is 133 Å². The largest absolute Gasteiger partial charge is 0.456 e. The molecule has 0 amide bonds. The van der Waals surface area contributed by atoms with Gasteiger partial charge in [0, 0.05) is 27.8 Å². The highest BCUT2D eigenvalue weighted by Gasteiger charge is 2.19. The van der Waals surface area contributed by atoms with Crippen molar-refractivity contribution in [2.45, 2.75) is 0 Å². The normalized spacial score (nSPS) is 11.6. The third-order valence-corrected chi connectivity index (χ3v) is 10.0. The van der Waals surface area contributed by atoms with E-state index in [4.69, 9.17) is 4.42 Å². The van der Waals surface area contributed by atoms with E-state index in [1.165, 1.54) is 49.0 Å². The third-order valence-electron chi connectivity index (χ3n) is 10.0. The Morgan fingerprint density at radius 2 is 0.880 bits per heavy atom. The second-order valence-electron chi connectivity index (χ2n) is 12.9. The van der Waals surface area contributed by atoms with Crippen LogP contribution in [0, 0.1) is 0 Å². The van der Waals surface area contributed by atoms with E-state index in [9.17, 15) is 0 Å². The first-order valence-electron chi connectivity index (χ1n) is 17.1. The monoisotopic (exact) mass is 637 g/mol. The first kappa shape index (κ1) is 28.4. The molecule has 0 aliphatic rings. The number of nitrogens with zero attached hydrogens (tertiary/aromatic N) is 1. The van der Waals surface area contributed by atoms with Crippen LogP contribution in [0.2, 0.25) is 0 Å². The van der Waals surface area contributed by atoms with Gasteiger partial charge in [0.15, 0.2) is 0 Å². The van der Waals surface area contributed by atoms with Crippen LogP contribution in [-0.2, 0) is 0 Å². The summed E-state index contributed by atoms with van der Waals surface area (Å²) in [7, 11) is 0. The average Bonchev–Trinajstić information content (AvgIpc) is 3.57. The summed E-state index contributed by atoms with van der Waals surface area (Å²) >= 11 is 0. The van der Waals surface area contributed by atoms with Crippen molar-refractivity contribution in [2.24, 2.45) is 0 Å². The van der Waals surface area contributed by atoms with Crippen LogP contribution in [0.3, 0.4) is 0 Å². The van der Waals surface area contributed by atoms with Crippen molar-refractivity contribution in [3.05, 3.63) is 188 Å². The van der Waals surface area contributed by atoms with E-state index in [0.29, 0.717) is 0 Å². The van der Waals surface area contributed by atoms with Gasteiger partial charge in [0.1, 0.15) is 11.2 Å². The molecule has 0 radical (unpaired) electrons. The third kappa shape index (κ3) is 4.57. The van der Waals surface area contributed by atoms with Gasteiger partial charge >= 0.3 is 0 Å². The summed E-state index contributed by atoms with van der Waals surface area (Å²) in [5.74, 6) is 0. The van der Waals surface area contributed by atoms with Crippen molar-refractivity contribution < 1.29 is 4.42 Å². The van der Waals surface area contributed by atoms with E-state index < -0.39 is 0 Å². The first-order chi connectivity index (χ1) is 24.8. The van der Waals surface area contributed by atoms with Crippen molar-refractivity contribution in [3.8, 4) is 22.3 Å². The molecule has 10 aromatic rings. The molecule has 234 valence electrons. The molecular formula is C48H31NO. The molecule has 0 fully saturated rings. The Hall–Kier alpha value is -6.64. The van der Waals surface area contributed by atoms with Gasteiger partial charge in [0.2, 0.25) is 0 Å². The highest BCUT2D eigenvalue weighted by molar-refractivity contribution is 6.22. The Bertz CT molecular complexity index is 2850. The molecule has 1 aromatic heterocycles. The van der Waals surface area contributed by atoms with Gasteiger partial charge < -0.3 is 9.32 Å². The van der Waals surface area contributed by atoms with Crippen LogP contribution in [0.1, 0.15) is 0 Å². The van der Waals surface area contributed by atoms with Crippen molar-refractivity contribution in [1.29, 1.82) is 0 Å². The fourth-order valence-electron chi connectivity index (χ4n) is 7.73. The van der Waals surface area contributed by atoms with E-state index in [1.54, 1.807) is 0 Å². The quantitative estimate of drug-likeness (QED) is 0.175. The molecule has 0 spiro atoms. The predicted molar refractivity (Wildman–Crippen MR) is 212 cm³/mol. The van der Waals surface area contributed by atoms with Gasteiger partial charge in [0.25, 0.3) is 0 Å². The van der Waals surface area contributed by atoms with Gasteiger partial charge in [0.05, 0.1) is 0 Å². The zero-order valence-electron chi connectivity index (χ0n) is 27.3. The van der Waals surface area contributed by atoms with E-state index in [1.807, 2.05) is 6.07 Å². The Morgan fingerprint density at radius 1 is 0.320 bits per heavy atom. The van der Waals surface area contributed by atoms with Crippen LogP contribution < -0.4 is 4.90 Å². The number of para-hydroxylation sites is 2. The second-order valence-corrected chi connectivity index (χ2v) is 12.9. The molecule has 0 saturated heterocycles. The maximum Gasteiger partial charge on any atom is 0.136 e. The number of rotatable bonds is 5. The Balaban J connectivity index is 1.17. The van der Waals surface area contributed by atoms with Crippen LogP contribution >= 0.6 is 0 Å². The first-order valence-corrected chi connectivity index (χ1v) is 17.1. The summed E-state index contributed by atoms with van der Waals surface area (Å²) in [6.45, 7) is 0. The maximum atomic E-state index is 6.49. The lowest BCUT2D eigenvalue weighted by atomic mass is 9.93. The Kier molecular flexibility index (Phi) is 6.53. The molecule has 9 aromatic carbocycles. The average molecular weight is 638 g/mol. The number of benzene rings is 9. The molecule has 0 N–H and O–H groups in total. The van der Waals surface area contributed by atoms with Crippen LogP contribution in [-0.4, -0.2) is 0 Å². The number of fused-ring (bicyclic) bond motifs is 8. The molecule has 50 heavy (non-hydrogen) atoms. The number of hydrogen-bond donors (Lipinski definition) is 0. The van der Waals surface area contributed by atoms with Gasteiger partial charge in [-0.15, -0.1) is 0 Å². The lowest BCUT2D eigenvalue weighted by Gasteiger charge is -2.26. The van der Waals surface area contributed by atoms with Crippen molar-refractivity contribution >= 4 is 71.3 Å². The van der Waals surface area contributed by atoms with Crippen molar-refractivity contribution in [3.63, 3.8) is 0 Å². The van der Waals surface area contributed by atoms with E-state index in [-0.39, 0.29) is 0 Å². The van der Waals surface area contributed by atoms with Crippen LogP contribution in [0.4, 0.5) is 17.1 Å². The van der Waals surface area contributed by atoms with E-state index in [0.717, 1.165) is 44.6 Å². The molecule has 0 aliphatic carbocycles. The summed E-state index contributed by atoms with van der Waals surface area (Å²) in [4.78, 5) is 2.35. The van der Waals surface area contributed by atoms with Crippen molar-refractivity contribution in [1.82, 2.24) is 0 Å². The highest BCUT2D eigenvalue weighted by atomic mass is 16.3. The second kappa shape index (κ2) is 11.5. The van der Waals surface area contributed by atoms with Gasteiger partial charge in [-0.25, -0.2) is 0 Å². The summed E-state index contributed by atoms with van der Waals surface area (Å²) in [6, 6.07) is 67.4. The molecule has 2 heteroatoms. The minimum atomic E-state index is 0.896. The van der Waals surface area contributed by atoms with Crippen LogP contribution in [0.5, 0.6) is 0 Å². The summed E-state index contributed by atoms with van der Waals surface area (Å²) < 4.78 is 6.49. The highest BCUT2D eigenvalue weighted by Crippen LogP contribution is 2.44.